The van der Waals surface area contributed by atoms with Crippen LogP contribution in [-0.4, -0.2) is 38.1 Å². The summed E-state index contributed by atoms with van der Waals surface area (Å²) in [4.78, 5) is 20.5. The smallest absolute Gasteiger partial charge is 0.416 e. The number of aromatic carboxylic acids is 1. The molecule has 3 N–H and O–H groups in total. The van der Waals surface area contributed by atoms with Crippen LogP contribution >= 0.6 is 0 Å². The van der Waals surface area contributed by atoms with Gasteiger partial charge in [-0.1, -0.05) is 24.3 Å². The minimum absolute atomic E-state index is 0.0322. The average Bonchev–Trinajstić information content (AvgIpc) is 2.84. The molecule has 34 heavy (non-hydrogen) atoms. The molecule has 0 radical (unpaired) electrons. The Hall–Kier alpha value is -3.85. The third kappa shape index (κ3) is 10.2. The van der Waals surface area contributed by atoms with Crippen molar-refractivity contribution in [1.29, 1.82) is 0 Å². The number of methoxy groups -OCH3 is 2. The lowest BCUT2D eigenvalue weighted by Crippen LogP contribution is -2.04. The Kier molecular flexibility index (Phi) is 11.9. The highest BCUT2D eigenvalue weighted by Gasteiger charge is 2.30. The fourth-order valence-corrected chi connectivity index (χ4v) is 2.52. The van der Waals surface area contributed by atoms with Crippen LogP contribution in [0.3, 0.4) is 0 Å². The summed E-state index contributed by atoms with van der Waals surface area (Å²) in [5.74, 6) is 0.638. The number of aldehydes is 1. The SMILES string of the molecule is COc1ccc(C(=O)O)cc1.COc1cccc(CCN)c1.O=Cc1cccc(C(F)(F)F)c1. The molecule has 0 saturated heterocycles. The molecule has 0 saturated carbocycles. The van der Waals surface area contributed by atoms with Crippen LogP contribution in [-0.2, 0) is 12.6 Å². The van der Waals surface area contributed by atoms with E-state index in [2.05, 4.69) is 6.07 Å². The van der Waals surface area contributed by atoms with Crippen molar-refractivity contribution in [2.45, 2.75) is 12.6 Å². The van der Waals surface area contributed by atoms with Gasteiger partial charge in [-0.25, -0.2) is 4.79 Å². The van der Waals surface area contributed by atoms with E-state index in [0.29, 0.717) is 18.6 Å². The molecular weight excluding hydrogens is 451 g/mol. The number of hydrogen-bond donors (Lipinski definition) is 2. The molecule has 0 unspecified atom stereocenters. The van der Waals surface area contributed by atoms with Crippen molar-refractivity contribution in [3.63, 3.8) is 0 Å². The van der Waals surface area contributed by atoms with Gasteiger partial charge >= 0.3 is 12.1 Å². The van der Waals surface area contributed by atoms with Crippen LogP contribution < -0.4 is 15.2 Å². The van der Waals surface area contributed by atoms with Crippen LogP contribution in [0.2, 0.25) is 0 Å². The lowest BCUT2D eigenvalue weighted by molar-refractivity contribution is -0.137. The van der Waals surface area contributed by atoms with Gasteiger partial charge in [-0.15, -0.1) is 0 Å². The van der Waals surface area contributed by atoms with Crippen molar-refractivity contribution in [2.24, 2.45) is 5.73 Å². The van der Waals surface area contributed by atoms with Gasteiger partial charge in [0.15, 0.2) is 0 Å². The van der Waals surface area contributed by atoms with E-state index in [4.69, 9.17) is 20.3 Å². The van der Waals surface area contributed by atoms with Gasteiger partial charge in [-0.05, 0) is 67.1 Å². The van der Waals surface area contributed by atoms with Crippen molar-refractivity contribution in [1.82, 2.24) is 0 Å². The number of carboxylic acids is 1. The Balaban J connectivity index is 0.000000255. The maximum Gasteiger partial charge on any atom is 0.416 e. The Morgan fingerprint density at radius 3 is 2.06 bits per heavy atom. The van der Waals surface area contributed by atoms with Gasteiger partial charge in [0.05, 0.1) is 25.3 Å². The van der Waals surface area contributed by atoms with Crippen LogP contribution in [0.4, 0.5) is 13.2 Å². The third-order valence-electron chi connectivity index (χ3n) is 4.25. The lowest BCUT2D eigenvalue weighted by Gasteiger charge is -2.05. The Morgan fingerprint density at radius 2 is 1.56 bits per heavy atom. The Labute approximate surface area is 195 Å². The Morgan fingerprint density at radius 1 is 0.941 bits per heavy atom. The number of alkyl halides is 3. The first-order valence-corrected chi connectivity index (χ1v) is 9.97. The van der Waals surface area contributed by atoms with Gasteiger partial charge < -0.3 is 20.3 Å². The number of carbonyl (C=O) groups is 2. The highest BCUT2D eigenvalue weighted by molar-refractivity contribution is 5.87. The number of nitrogens with two attached hydrogens (primary N) is 1. The molecule has 0 aromatic heterocycles. The van der Waals surface area contributed by atoms with E-state index in [1.54, 1.807) is 19.2 Å². The standard InChI is InChI=1S/C9H13NO.C8H5F3O.C8H8O3/c1-11-9-4-2-3-8(7-9)5-6-10;9-8(10,11)7-3-1-2-6(4-7)5-12;1-11-7-4-2-6(3-5-7)8(9)10/h2-4,7H,5-6,10H2,1H3;1-5H;2-5H,1H3,(H,9,10). The quantitative estimate of drug-likeness (QED) is 0.479. The summed E-state index contributed by atoms with van der Waals surface area (Å²) in [5.41, 5.74) is 6.14. The zero-order valence-electron chi connectivity index (χ0n) is 18.7. The third-order valence-corrected chi connectivity index (χ3v) is 4.25. The second kappa shape index (κ2) is 14.3. The summed E-state index contributed by atoms with van der Waals surface area (Å²) >= 11 is 0. The molecule has 0 atom stereocenters. The monoisotopic (exact) mass is 477 g/mol. The fraction of sp³-hybridized carbons (Fsp3) is 0.200. The topological polar surface area (TPSA) is 98.8 Å². The normalized spacial score (nSPS) is 10.1. The molecule has 0 aliphatic rings. The first-order valence-electron chi connectivity index (χ1n) is 9.97. The molecule has 3 aromatic rings. The van der Waals surface area contributed by atoms with Gasteiger partial charge in [-0.3, -0.25) is 4.79 Å². The van der Waals surface area contributed by atoms with Crippen molar-refractivity contribution in [2.75, 3.05) is 20.8 Å². The van der Waals surface area contributed by atoms with E-state index < -0.39 is 17.7 Å². The predicted molar refractivity (Wildman–Crippen MR) is 123 cm³/mol. The number of rotatable bonds is 6. The second-order valence-electron chi connectivity index (χ2n) is 6.66. The van der Waals surface area contributed by atoms with Crippen LogP contribution in [0.15, 0.2) is 72.8 Å². The molecule has 0 aliphatic heterocycles. The summed E-state index contributed by atoms with van der Waals surface area (Å²) in [6, 6.07) is 18.5. The molecule has 0 heterocycles. The first-order chi connectivity index (χ1) is 16.1. The molecule has 3 aromatic carbocycles. The maximum atomic E-state index is 12.0. The minimum Gasteiger partial charge on any atom is -0.497 e. The molecular formula is C25H26F3NO5. The van der Waals surface area contributed by atoms with E-state index in [-0.39, 0.29) is 11.1 Å². The maximum absolute atomic E-state index is 12.0. The Bertz CT molecular complexity index is 1040. The highest BCUT2D eigenvalue weighted by atomic mass is 19.4. The average molecular weight is 477 g/mol. The zero-order chi connectivity index (χ0) is 25.6. The van der Waals surface area contributed by atoms with Gasteiger partial charge in [-0.2, -0.15) is 13.2 Å². The molecule has 182 valence electrons. The van der Waals surface area contributed by atoms with E-state index in [1.807, 2.05) is 18.2 Å². The number of benzene rings is 3. The fourth-order valence-electron chi connectivity index (χ4n) is 2.52. The summed E-state index contributed by atoms with van der Waals surface area (Å²) in [6.45, 7) is 0.688. The van der Waals surface area contributed by atoms with Crippen molar-refractivity contribution < 1.29 is 37.3 Å². The number of hydrogen-bond acceptors (Lipinski definition) is 5. The number of ether oxygens (including phenoxy) is 2. The molecule has 0 fully saturated rings. The van der Waals surface area contributed by atoms with E-state index in [0.717, 1.165) is 24.3 Å². The molecule has 6 nitrogen and oxygen atoms in total. The summed E-state index contributed by atoms with van der Waals surface area (Å²) in [6.07, 6.45) is -3.08. The lowest BCUT2D eigenvalue weighted by atomic mass is 10.1. The molecule has 9 heteroatoms. The summed E-state index contributed by atoms with van der Waals surface area (Å²) in [5, 5.41) is 8.51. The van der Waals surface area contributed by atoms with E-state index in [1.165, 1.54) is 36.9 Å². The largest absolute Gasteiger partial charge is 0.497 e. The van der Waals surface area contributed by atoms with Crippen LogP contribution in [0.5, 0.6) is 11.5 Å². The van der Waals surface area contributed by atoms with Gasteiger partial charge in [0, 0.05) is 5.56 Å². The summed E-state index contributed by atoms with van der Waals surface area (Å²) < 4.78 is 45.9. The van der Waals surface area contributed by atoms with E-state index >= 15 is 0 Å². The molecule has 0 aliphatic carbocycles. The van der Waals surface area contributed by atoms with Crippen LogP contribution in [0.25, 0.3) is 0 Å². The van der Waals surface area contributed by atoms with Crippen LogP contribution in [0.1, 0.15) is 31.8 Å². The molecule has 3 rings (SSSR count). The van der Waals surface area contributed by atoms with Gasteiger partial charge in [0.1, 0.15) is 17.8 Å². The minimum atomic E-state index is -4.38. The predicted octanol–water partition coefficient (Wildman–Crippen LogP) is 5.11. The van der Waals surface area contributed by atoms with Crippen molar-refractivity contribution in [3.8, 4) is 11.5 Å². The molecule has 0 spiro atoms. The van der Waals surface area contributed by atoms with Crippen molar-refractivity contribution >= 4 is 12.3 Å². The summed E-state index contributed by atoms with van der Waals surface area (Å²) in [7, 11) is 3.21. The van der Waals surface area contributed by atoms with E-state index in [9.17, 15) is 22.8 Å². The van der Waals surface area contributed by atoms with Crippen LogP contribution in [0, 0.1) is 0 Å². The highest BCUT2D eigenvalue weighted by Crippen LogP contribution is 2.29. The number of carbonyl (C=O) groups excluding carboxylic acids is 1. The number of carboxylic acid groups (broad SMARTS) is 1. The molecule has 0 bridgehead atoms. The zero-order valence-corrected chi connectivity index (χ0v) is 18.7. The van der Waals surface area contributed by atoms with Crippen molar-refractivity contribution in [3.05, 3.63) is 95.1 Å². The second-order valence-corrected chi connectivity index (χ2v) is 6.66. The van der Waals surface area contributed by atoms with Gasteiger partial charge in [0.2, 0.25) is 0 Å². The molecule has 0 amide bonds. The van der Waals surface area contributed by atoms with Gasteiger partial charge in [0.25, 0.3) is 0 Å². The first kappa shape index (κ1) is 28.2. The number of halogens is 3.